The molecule has 2 aromatic heterocycles. The van der Waals surface area contributed by atoms with Crippen LogP contribution < -0.4 is 4.90 Å². The molecule has 0 unspecified atom stereocenters. The van der Waals surface area contributed by atoms with Crippen molar-refractivity contribution >= 4 is 5.95 Å². The summed E-state index contributed by atoms with van der Waals surface area (Å²) in [6.45, 7) is 6.13. The molecule has 2 atom stereocenters. The Bertz CT molecular complexity index is 919. The van der Waals surface area contributed by atoms with Gasteiger partial charge in [-0.2, -0.15) is 5.10 Å². The number of hydrogen-bond donors (Lipinski definition) is 1. The predicted octanol–water partition coefficient (Wildman–Crippen LogP) is 3.47. The molecule has 0 radical (unpaired) electrons. The lowest BCUT2D eigenvalue weighted by atomic mass is 9.89. The molecule has 4 heterocycles. The van der Waals surface area contributed by atoms with Crippen molar-refractivity contribution in [3.8, 4) is 11.3 Å². The first kappa shape index (κ1) is 21.6. The molecule has 2 saturated heterocycles. The molecule has 0 bridgehead atoms. The van der Waals surface area contributed by atoms with Gasteiger partial charge in [-0.05, 0) is 63.5 Å². The van der Waals surface area contributed by atoms with Gasteiger partial charge in [0.15, 0.2) is 0 Å². The van der Waals surface area contributed by atoms with Gasteiger partial charge in [0.1, 0.15) is 0 Å². The fourth-order valence-electron chi connectivity index (χ4n) is 5.55. The zero-order chi connectivity index (χ0) is 21.8. The van der Waals surface area contributed by atoms with Crippen LogP contribution in [0.1, 0.15) is 56.6 Å². The van der Waals surface area contributed by atoms with E-state index in [0.717, 1.165) is 54.9 Å². The lowest BCUT2D eigenvalue weighted by molar-refractivity contribution is 0.172. The van der Waals surface area contributed by atoms with E-state index in [-0.39, 0.29) is 6.61 Å². The van der Waals surface area contributed by atoms with Gasteiger partial charge in [0.2, 0.25) is 5.95 Å². The molecule has 0 saturated carbocycles. The number of anilines is 1. The van der Waals surface area contributed by atoms with Crippen molar-refractivity contribution in [2.24, 2.45) is 5.92 Å². The van der Waals surface area contributed by atoms with E-state index in [1.54, 1.807) is 0 Å². The molecule has 1 aliphatic carbocycles. The quantitative estimate of drug-likeness (QED) is 0.670. The zero-order valence-electron chi connectivity index (χ0n) is 19.1. The number of nitrogens with zero attached hydrogens (tertiary/aromatic N) is 6. The third-order valence-corrected chi connectivity index (χ3v) is 7.21. The summed E-state index contributed by atoms with van der Waals surface area (Å²) in [5.41, 5.74) is 3.20. The average molecular weight is 437 g/mol. The van der Waals surface area contributed by atoms with Gasteiger partial charge in [-0.15, -0.1) is 0 Å². The lowest BCUT2D eigenvalue weighted by Crippen LogP contribution is -2.38. The van der Waals surface area contributed by atoms with Crippen molar-refractivity contribution in [3.05, 3.63) is 36.3 Å². The third-order valence-electron chi connectivity index (χ3n) is 7.21. The Morgan fingerprint density at radius 1 is 1.06 bits per heavy atom. The van der Waals surface area contributed by atoms with Crippen molar-refractivity contribution in [1.82, 2.24) is 24.6 Å². The summed E-state index contributed by atoms with van der Waals surface area (Å²) in [5.74, 6) is 2.02. The molecule has 3 aliphatic rings. The normalized spacial score (nSPS) is 24.3. The van der Waals surface area contributed by atoms with E-state index in [1.807, 2.05) is 16.9 Å². The second-order valence-electron chi connectivity index (χ2n) is 9.60. The van der Waals surface area contributed by atoms with E-state index < -0.39 is 0 Å². The number of aliphatic hydroxyl groups excluding tert-OH is 1. The number of piperidine rings is 1. The number of aliphatic hydroxyl groups is 1. The molecule has 7 heteroatoms. The lowest BCUT2D eigenvalue weighted by Gasteiger charge is -2.35. The standard InChI is InChI=1S/C25H36N6O/c32-16-15-31-19-22(23-10-11-26-25(27-23)30-13-4-5-14-30)24(28-31)21-9-6-12-29(18-21)17-20-7-2-1-3-8-20/h1-2,10-11,19-21,32H,3-9,12-18H2/t20-,21-/m1/s1. The van der Waals surface area contributed by atoms with Crippen molar-refractivity contribution in [1.29, 1.82) is 0 Å². The summed E-state index contributed by atoms with van der Waals surface area (Å²) in [6, 6.07) is 2.01. The maximum absolute atomic E-state index is 9.51. The molecule has 0 amide bonds. The van der Waals surface area contributed by atoms with Gasteiger partial charge in [-0.3, -0.25) is 4.68 Å². The molecule has 2 aromatic rings. The Kier molecular flexibility index (Phi) is 6.83. The number of allylic oxidation sites excluding steroid dienone is 2. The highest BCUT2D eigenvalue weighted by atomic mass is 16.3. The average Bonchev–Trinajstić information content (AvgIpc) is 3.51. The smallest absolute Gasteiger partial charge is 0.225 e. The van der Waals surface area contributed by atoms with Crippen LogP contribution in [0.25, 0.3) is 11.3 Å². The van der Waals surface area contributed by atoms with Gasteiger partial charge in [-0.1, -0.05) is 12.2 Å². The fourth-order valence-corrected chi connectivity index (χ4v) is 5.55. The molecule has 1 N–H and O–H groups in total. The van der Waals surface area contributed by atoms with Crippen LogP contribution in [0.15, 0.2) is 30.6 Å². The van der Waals surface area contributed by atoms with Crippen LogP contribution in [0, 0.1) is 5.92 Å². The molecule has 0 spiro atoms. The van der Waals surface area contributed by atoms with Crippen LogP contribution in [-0.2, 0) is 6.54 Å². The summed E-state index contributed by atoms with van der Waals surface area (Å²) in [4.78, 5) is 14.4. The van der Waals surface area contributed by atoms with E-state index in [9.17, 15) is 5.11 Å². The van der Waals surface area contributed by atoms with Crippen LogP contribution in [0.4, 0.5) is 5.95 Å². The Hall–Kier alpha value is -2.25. The largest absolute Gasteiger partial charge is 0.394 e. The molecule has 2 fully saturated rings. The number of likely N-dealkylation sites (tertiary alicyclic amines) is 1. The molecule has 0 aromatic carbocycles. The van der Waals surface area contributed by atoms with Crippen LogP contribution in [0.5, 0.6) is 0 Å². The van der Waals surface area contributed by atoms with Crippen LogP contribution in [-0.4, -0.2) is 69.1 Å². The maximum Gasteiger partial charge on any atom is 0.225 e. The molecule has 172 valence electrons. The molecule has 32 heavy (non-hydrogen) atoms. The van der Waals surface area contributed by atoms with Gasteiger partial charge < -0.3 is 14.9 Å². The van der Waals surface area contributed by atoms with E-state index in [1.165, 1.54) is 51.6 Å². The minimum absolute atomic E-state index is 0.0926. The van der Waals surface area contributed by atoms with Crippen LogP contribution in [0.3, 0.4) is 0 Å². The SMILES string of the molecule is OCCn1cc(-c2ccnc(N3CCCC3)n2)c([C@@H]2CCCN(C[C@@H]3CC=CCC3)C2)n1. The van der Waals surface area contributed by atoms with Gasteiger partial charge in [-0.25, -0.2) is 9.97 Å². The highest BCUT2D eigenvalue weighted by Gasteiger charge is 2.28. The summed E-state index contributed by atoms with van der Waals surface area (Å²) in [6.07, 6.45) is 17.2. The van der Waals surface area contributed by atoms with E-state index in [0.29, 0.717) is 12.5 Å². The number of aromatic nitrogens is 4. The first-order valence-corrected chi connectivity index (χ1v) is 12.4. The second kappa shape index (κ2) is 10.1. The Morgan fingerprint density at radius 2 is 1.97 bits per heavy atom. The minimum Gasteiger partial charge on any atom is -0.394 e. The molecular weight excluding hydrogens is 400 g/mol. The fraction of sp³-hybridized carbons (Fsp3) is 0.640. The molecule has 7 nitrogen and oxygen atoms in total. The third kappa shape index (κ3) is 4.89. The Labute approximate surface area is 191 Å². The van der Waals surface area contributed by atoms with Crippen molar-refractivity contribution in [2.75, 3.05) is 44.2 Å². The van der Waals surface area contributed by atoms with Gasteiger partial charge in [0.25, 0.3) is 0 Å². The van der Waals surface area contributed by atoms with Gasteiger partial charge in [0.05, 0.1) is 24.5 Å². The highest BCUT2D eigenvalue weighted by molar-refractivity contribution is 5.63. The predicted molar refractivity (Wildman–Crippen MR) is 127 cm³/mol. The first-order valence-electron chi connectivity index (χ1n) is 12.4. The van der Waals surface area contributed by atoms with Crippen LogP contribution in [0.2, 0.25) is 0 Å². The molecular formula is C25H36N6O. The molecule has 5 rings (SSSR count). The van der Waals surface area contributed by atoms with Gasteiger partial charge >= 0.3 is 0 Å². The topological polar surface area (TPSA) is 70.3 Å². The Morgan fingerprint density at radius 3 is 2.78 bits per heavy atom. The van der Waals surface area contributed by atoms with Crippen molar-refractivity contribution in [2.45, 2.75) is 57.4 Å². The number of rotatable bonds is 7. The van der Waals surface area contributed by atoms with E-state index in [4.69, 9.17) is 10.1 Å². The van der Waals surface area contributed by atoms with Crippen molar-refractivity contribution in [3.63, 3.8) is 0 Å². The maximum atomic E-state index is 9.51. The van der Waals surface area contributed by atoms with Crippen LogP contribution >= 0.6 is 0 Å². The zero-order valence-corrected chi connectivity index (χ0v) is 19.1. The van der Waals surface area contributed by atoms with Crippen molar-refractivity contribution < 1.29 is 5.11 Å². The second-order valence-corrected chi connectivity index (χ2v) is 9.60. The summed E-state index contributed by atoms with van der Waals surface area (Å²) >= 11 is 0. The summed E-state index contributed by atoms with van der Waals surface area (Å²) < 4.78 is 1.90. The van der Waals surface area contributed by atoms with E-state index in [2.05, 4.69) is 33.1 Å². The van der Waals surface area contributed by atoms with Gasteiger partial charge in [0, 0.05) is 50.1 Å². The Balaban J connectivity index is 1.38. The monoisotopic (exact) mass is 436 g/mol. The summed E-state index contributed by atoms with van der Waals surface area (Å²) in [7, 11) is 0. The first-order chi connectivity index (χ1) is 15.8. The molecule has 2 aliphatic heterocycles. The highest BCUT2D eigenvalue weighted by Crippen LogP contribution is 2.34. The minimum atomic E-state index is 0.0926. The number of hydrogen-bond acceptors (Lipinski definition) is 6. The summed E-state index contributed by atoms with van der Waals surface area (Å²) in [5, 5.41) is 14.5. The van der Waals surface area contributed by atoms with E-state index >= 15 is 0 Å².